The Hall–Kier alpha value is -2.24. The molecule has 1 saturated heterocycles. The van der Waals surface area contributed by atoms with Crippen molar-refractivity contribution < 1.29 is 23.7 Å². The first kappa shape index (κ1) is 21.0. The van der Waals surface area contributed by atoms with E-state index in [0.717, 1.165) is 29.9 Å². The second kappa shape index (κ2) is 8.86. The number of halogens is 1. The van der Waals surface area contributed by atoms with Crippen molar-refractivity contribution in [3.05, 3.63) is 59.1 Å². The highest BCUT2D eigenvalue weighted by Gasteiger charge is 2.45. The Morgan fingerprint density at radius 3 is 2.30 bits per heavy atom. The van der Waals surface area contributed by atoms with Gasteiger partial charge in [0.25, 0.3) is 0 Å². The molecule has 1 aliphatic heterocycles. The third-order valence-electron chi connectivity index (χ3n) is 5.85. The Bertz CT molecular complexity index is 871. The van der Waals surface area contributed by atoms with E-state index in [-0.39, 0.29) is 16.8 Å². The highest BCUT2D eigenvalue weighted by Crippen LogP contribution is 2.46. The summed E-state index contributed by atoms with van der Waals surface area (Å²) in [6, 6.07) is 15.4. The van der Waals surface area contributed by atoms with E-state index in [1.54, 1.807) is 0 Å². The Morgan fingerprint density at radius 1 is 1.03 bits per heavy atom. The van der Waals surface area contributed by atoms with Crippen LogP contribution in [-0.2, 0) is 19.7 Å². The highest BCUT2D eigenvalue weighted by molar-refractivity contribution is 6.30. The van der Waals surface area contributed by atoms with Gasteiger partial charge in [0.15, 0.2) is 0 Å². The maximum Gasteiger partial charge on any atom is 0.306 e. The van der Waals surface area contributed by atoms with Crippen LogP contribution in [0.1, 0.15) is 31.7 Å². The van der Waals surface area contributed by atoms with E-state index in [9.17, 15) is 4.79 Å². The quantitative estimate of drug-likeness (QED) is 0.507. The van der Waals surface area contributed by atoms with Crippen LogP contribution in [-0.4, -0.2) is 39.0 Å². The molecule has 30 heavy (non-hydrogen) atoms. The van der Waals surface area contributed by atoms with Crippen LogP contribution in [0.3, 0.4) is 0 Å². The normalized spacial score (nSPS) is 18.2. The lowest BCUT2D eigenvalue weighted by molar-refractivity contribution is -0.151. The Morgan fingerprint density at radius 2 is 1.73 bits per heavy atom. The van der Waals surface area contributed by atoms with Crippen molar-refractivity contribution in [3.8, 4) is 11.5 Å². The third kappa shape index (κ3) is 4.90. The molecule has 0 radical (unpaired) electrons. The van der Waals surface area contributed by atoms with Gasteiger partial charge < -0.3 is 18.9 Å². The zero-order valence-electron chi connectivity index (χ0n) is 17.2. The number of rotatable bonds is 10. The average molecular weight is 431 g/mol. The molecule has 0 atom stereocenters. The van der Waals surface area contributed by atoms with Gasteiger partial charge in [-0.1, -0.05) is 29.8 Å². The van der Waals surface area contributed by atoms with Gasteiger partial charge in [-0.2, -0.15) is 0 Å². The number of hydrogen-bond donors (Lipinski definition) is 0. The predicted molar refractivity (Wildman–Crippen MR) is 114 cm³/mol. The van der Waals surface area contributed by atoms with Crippen molar-refractivity contribution >= 4 is 17.6 Å². The summed E-state index contributed by atoms with van der Waals surface area (Å²) in [5.74, 6) is 1.42. The summed E-state index contributed by atoms with van der Waals surface area (Å²) in [5, 5.41) is 0.672. The van der Waals surface area contributed by atoms with Crippen LogP contribution in [0.5, 0.6) is 11.5 Å². The molecule has 2 aliphatic rings. The minimum absolute atomic E-state index is 0.0634. The van der Waals surface area contributed by atoms with Crippen molar-refractivity contribution in [2.45, 2.75) is 31.6 Å². The largest absolute Gasteiger partial charge is 0.493 e. The number of hydrogen-bond acceptors (Lipinski definition) is 5. The van der Waals surface area contributed by atoms with Gasteiger partial charge in [0.05, 0.1) is 44.9 Å². The molecule has 1 heterocycles. The molecule has 2 fully saturated rings. The lowest BCUT2D eigenvalue weighted by Gasteiger charge is -2.41. The number of carbonyl (C=O) groups excluding carboxylic acids is 1. The Labute approximate surface area is 182 Å². The predicted octanol–water partition coefficient (Wildman–Crippen LogP) is 4.80. The molecule has 1 aliphatic carbocycles. The highest BCUT2D eigenvalue weighted by atomic mass is 35.5. The fourth-order valence-electron chi connectivity index (χ4n) is 3.65. The van der Waals surface area contributed by atoms with Gasteiger partial charge in [-0.3, -0.25) is 4.79 Å². The molecular weight excluding hydrogens is 404 g/mol. The van der Waals surface area contributed by atoms with Crippen LogP contribution in [0.15, 0.2) is 48.5 Å². The van der Waals surface area contributed by atoms with Crippen LogP contribution in [0.2, 0.25) is 5.02 Å². The van der Waals surface area contributed by atoms with Crippen molar-refractivity contribution in [1.29, 1.82) is 0 Å². The molecule has 2 aromatic rings. The fourth-order valence-corrected chi connectivity index (χ4v) is 3.83. The molecule has 0 unspecified atom stereocenters. The molecule has 0 bridgehead atoms. The van der Waals surface area contributed by atoms with Gasteiger partial charge >= 0.3 is 5.97 Å². The Balaban J connectivity index is 1.31. The molecule has 0 amide bonds. The van der Waals surface area contributed by atoms with E-state index in [1.165, 1.54) is 0 Å². The van der Waals surface area contributed by atoms with Crippen LogP contribution < -0.4 is 9.47 Å². The molecule has 6 heteroatoms. The van der Waals surface area contributed by atoms with Gasteiger partial charge in [-0.05, 0) is 55.7 Å². The second-order valence-electron chi connectivity index (χ2n) is 8.31. The van der Waals surface area contributed by atoms with Gasteiger partial charge in [0, 0.05) is 10.4 Å². The summed E-state index contributed by atoms with van der Waals surface area (Å²) in [5.41, 5.74) is 0.862. The second-order valence-corrected chi connectivity index (χ2v) is 8.75. The number of ether oxygens (including phenoxy) is 4. The zero-order valence-corrected chi connectivity index (χ0v) is 18.0. The first-order valence-corrected chi connectivity index (χ1v) is 10.8. The molecule has 2 aromatic carbocycles. The fraction of sp³-hybridized carbons (Fsp3) is 0.458. The van der Waals surface area contributed by atoms with Gasteiger partial charge in [0.2, 0.25) is 0 Å². The molecular formula is C24H27ClO5. The smallest absolute Gasteiger partial charge is 0.306 e. The maximum atomic E-state index is 12.0. The summed E-state index contributed by atoms with van der Waals surface area (Å²) in [6.07, 6.45) is 2.52. The molecule has 4 rings (SSSR count). The van der Waals surface area contributed by atoms with Crippen molar-refractivity contribution in [2.75, 3.05) is 33.0 Å². The summed E-state index contributed by atoms with van der Waals surface area (Å²) in [7, 11) is 0. The van der Waals surface area contributed by atoms with Gasteiger partial charge in [0.1, 0.15) is 11.5 Å². The molecule has 1 saturated carbocycles. The molecule has 0 N–H and O–H groups in total. The van der Waals surface area contributed by atoms with E-state index >= 15 is 0 Å². The molecule has 0 aromatic heterocycles. The molecule has 0 spiro atoms. The summed E-state index contributed by atoms with van der Waals surface area (Å²) < 4.78 is 22.5. The lowest BCUT2D eigenvalue weighted by Crippen LogP contribution is -2.48. The topological polar surface area (TPSA) is 54.0 Å². The van der Waals surface area contributed by atoms with E-state index in [2.05, 4.69) is 0 Å². The van der Waals surface area contributed by atoms with Gasteiger partial charge in [-0.25, -0.2) is 0 Å². The lowest BCUT2D eigenvalue weighted by atomic mass is 9.76. The summed E-state index contributed by atoms with van der Waals surface area (Å²) >= 11 is 6.02. The molecule has 160 valence electrons. The van der Waals surface area contributed by atoms with Crippen LogP contribution in [0.4, 0.5) is 0 Å². The number of benzene rings is 2. The SMILES string of the molecule is CCOC(=O)CC1(c2ccc(OCC3(COc4cccc(Cl)c4)CC3)cc2)COC1. The minimum atomic E-state index is -0.284. The first-order chi connectivity index (χ1) is 14.5. The average Bonchev–Trinajstić information content (AvgIpc) is 3.49. The summed E-state index contributed by atoms with van der Waals surface area (Å²) in [4.78, 5) is 12.0. The first-order valence-electron chi connectivity index (χ1n) is 10.4. The van der Waals surface area contributed by atoms with E-state index < -0.39 is 0 Å². The zero-order chi connectivity index (χ0) is 21.0. The van der Waals surface area contributed by atoms with Crippen LogP contribution in [0.25, 0.3) is 0 Å². The monoisotopic (exact) mass is 430 g/mol. The van der Waals surface area contributed by atoms with Crippen LogP contribution in [0, 0.1) is 5.41 Å². The van der Waals surface area contributed by atoms with E-state index in [1.807, 2.05) is 55.5 Å². The van der Waals surface area contributed by atoms with E-state index in [0.29, 0.717) is 44.5 Å². The van der Waals surface area contributed by atoms with Crippen LogP contribution >= 0.6 is 11.6 Å². The van der Waals surface area contributed by atoms with Crippen molar-refractivity contribution in [1.82, 2.24) is 0 Å². The number of esters is 1. The number of carbonyl (C=O) groups is 1. The third-order valence-corrected chi connectivity index (χ3v) is 6.09. The van der Waals surface area contributed by atoms with Crippen molar-refractivity contribution in [2.24, 2.45) is 5.41 Å². The standard InChI is InChI=1S/C24H27ClO5/c1-2-28-22(26)13-24(16-27-17-24)18-6-8-20(9-7-18)29-14-23(10-11-23)15-30-21-5-3-4-19(25)12-21/h3-9,12H,2,10-11,13-17H2,1H3. The Kier molecular flexibility index (Phi) is 6.21. The summed E-state index contributed by atoms with van der Waals surface area (Å²) in [6.45, 7) is 4.52. The minimum Gasteiger partial charge on any atom is -0.493 e. The van der Waals surface area contributed by atoms with Gasteiger partial charge in [-0.15, -0.1) is 0 Å². The molecule has 5 nitrogen and oxygen atoms in total. The van der Waals surface area contributed by atoms with Crippen molar-refractivity contribution in [3.63, 3.8) is 0 Å². The van der Waals surface area contributed by atoms with E-state index in [4.69, 9.17) is 30.5 Å². The maximum absolute atomic E-state index is 12.0.